The minimum absolute atomic E-state index is 0.00144. The van der Waals surface area contributed by atoms with Crippen molar-refractivity contribution in [3.63, 3.8) is 0 Å². The Morgan fingerprint density at radius 2 is 1.84 bits per heavy atom. The molecule has 0 aliphatic carbocycles. The molecule has 0 saturated carbocycles. The highest BCUT2D eigenvalue weighted by molar-refractivity contribution is 5.93. The van der Waals surface area contributed by atoms with Gasteiger partial charge in [-0.1, -0.05) is 6.92 Å². The van der Waals surface area contributed by atoms with Gasteiger partial charge in [-0.05, 0) is 19.0 Å². The molecule has 1 heterocycles. The molecule has 5 heteroatoms. The molecule has 1 aliphatic rings. The Balaban J connectivity index is 2.06. The summed E-state index contributed by atoms with van der Waals surface area (Å²) in [4.78, 5) is 12.1. The van der Waals surface area contributed by atoms with Gasteiger partial charge in [0.2, 0.25) is 5.91 Å². The van der Waals surface area contributed by atoms with Gasteiger partial charge in [0, 0.05) is 29.8 Å². The maximum atomic E-state index is 12.1. The predicted molar refractivity (Wildman–Crippen MR) is 73.7 cm³/mol. The van der Waals surface area contributed by atoms with Crippen molar-refractivity contribution in [3.05, 3.63) is 18.2 Å². The molecule has 0 aromatic heterocycles. The van der Waals surface area contributed by atoms with Gasteiger partial charge in [0.05, 0.1) is 14.2 Å². The smallest absolute Gasteiger partial charge is 0.227 e. The minimum atomic E-state index is -0.00144. The van der Waals surface area contributed by atoms with Crippen LogP contribution in [0, 0.1) is 11.8 Å². The van der Waals surface area contributed by atoms with Crippen LogP contribution in [0.1, 0.15) is 6.92 Å². The number of methoxy groups -OCH3 is 2. The highest BCUT2D eigenvalue weighted by Gasteiger charge is 2.28. The second-order valence-corrected chi connectivity index (χ2v) is 4.80. The van der Waals surface area contributed by atoms with Crippen LogP contribution in [0.3, 0.4) is 0 Å². The second-order valence-electron chi connectivity index (χ2n) is 4.80. The number of carbonyl (C=O) groups excluding carboxylic acids is 1. The van der Waals surface area contributed by atoms with E-state index in [0.717, 1.165) is 13.1 Å². The molecule has 2 N–H and O–H groups in total. The fourth-order valence-electron chi connectivity index (χ4n) is 2.01. The third-order valence-corrected chi connectivity index (χ3v) is 3.55. The van der Waals surface area contributed by atoms with E-state index in [0.29, 0.717) is 23.1 Å². The quantitative estimate of drug-likeness (QED) is 0.846. The SMILES string of the molecule is COc1cc(NC(=O)C(C)C2CNC2)cc(OC)c1. The van der Waals surface area contributed by atoms with Crippen molar-refractivity contribution < 1.29 is 14.3 Å². The van der Waals surface area contributed by atoms with Gasteiger partial charge in [-0.3, -0.25) is 4.79 Å². The van der Waals surface area contributed by atoms with Crippen molar-refractivity contribution >= 4 is 11.6 Å². The maximum Gasteiger partial charge on any atom is 0.227 e. The third-order valence-electron chi connectivity index (χ3n) is 3.55. The third kappa shape index (κ3) is 3.17. The number of ether oxygens (including phenoxy) is 2. The molecule has 5 nitrogen and oxygen atoms in total. The van der Waals surface area contributed by atoms with Crippen molar-refractivity contribution in [2.45, 2.75) is 6.92 Å². The fraction of sp³-hybridized carbons (Fsp3) is 0.500. The molecule has 19 heavy (non-hydrogen) atoms. The number of nitrogens with one attached hydrogen (secondary N) is 2. The highest BCUT2D eigenvalue weighted by Crippen LogP contribution is 2.26. The van der Waals surface area contributed by atoms with Crippen molar-refractivity contribution in [2.24, 2.45) is 11.8 Å². The molecule has 1 saturated heterocycles. The zero-order chi connectivity index (χ0) is 13.8. The molecule has 1 fully saturated rings. The normalized spacial score (nSPS) is 16.4. The van der Waals surface area contributed by atoms with E-state index in [-0.39, 0.29) is 11.8 Å². The molecular weight excluding hydrogens is 244 g/mol. The van der Waals surface area contributed by atoms with Gasteiger partial charge >= 0.3 is 0 Å². The average molecular weight is 264 g/mol. The van der Waals surface area contributed by atoms with Crippen molar-refractivity contribution in [3.8, 4) is 11.5 Å². The van der Waals surface area contributed by atoms with Crippen LogP contribution in [0.15, 0.2) is 18.2 Å². The number of rotatable bonds is 5. The average Bonchev–Trinajstić information content (AvgIpc) is 2.36. The second kappa shape index (κ2) is 5.93. The van der Waals surface area contributed by atoms with Crippen LogP contribution in [-0.4, -0.2) is 33.2 Å². The highest BCUT2D eigenvalue weighted by atomic mass is 16.5. The number of amides is 1. The summed E-state index contributed by atoms with van der Waals surface area (Å²) in [5.41, 5.74) is 0.695. The van der Waals surface area contributed by atoms with Crippen LogP contribution in [0.5, 0.6) is 11.5 Å². The zero-order valence-electron chi connectivity index (χ0n) is 11.5. The van der Waals surface area contributed by atoms with E-state index < -0.39 is 0 Å². The van der Waals surface area contributed by atoms with E-state index in [1.807, 2.05) is 6.92 Å². The Hall–Kier alpha value is -1.75. The van der Waals surface area contributed by atoms with Crippen molar-refractivity contribution in [1.82, 2.24) is 5.32 Å². The summed E-state index contributed by atoms with van der Waals surface area (Å²) in [6, 6.07) is 5.34. The Kier molecular flexibility index (Phi) is 4.27. The van der Waals surface area contributed by atoms with Gasteiger partial charge < -0.3 is 20.1 Å². The molecule has 0 bridgehead atoms. The summed E-state index contributed by atoms with van der Waals surface area (Å²) in [7, 11) is 3.17. The fourth-order valence-corrected chi connectivity index (χ4v) is 2.01. The van der Waals surface area contributed by atoms with Crippen LogP contribution in [0.4, 0.5) is 5.69 Å². The lowest BCUT2D eigenvalue weighted by Crippen LogP contribution is -2.48. The van der Waals surface area contributed by atoms with Gasteiger partial charge in [0.1, 0.15) is 11.5 Å². The Morgan fingerprint density at radius 1 is 1.26 bits per heavy atom. The number of hydrogen-bond donors (Lipinski definition) is 2. The van der Waals surface area contributed by atoms with E-state index in [1.54, 1.807) is 32.4 Å². The predicted octanol–water partition coefficient (Wildman–Crippen LogP) is 1.50. The minimum Gasteiger partial charge on any atom is -0.497 e. The first kappa shape index (κ1) is 13.7. The molecule has 1 aromatic carbocycles. The standard InChI is InChI=1S/C14H20N2O3/c1-9(10-7-15-8-10)14(17)16-11-4-12(18-2)6-13(5-11)19-3/h4-6,9-10,15H,7-8H2,1-3H3,(H,16,17). The monoisotopic (exact) mass is 264 g/mol. The molecule has 0 spiro atoms. The summed E-state index contributed by atoms with van der Waals surface area (Å²) in [5.74, 6) is 1.77. The molecule has 1 unspecified atom stereocenters. The first-order valence-corrected chi connectivity index (χ1v) is 6.38. The van der Waals surface area contributed by atoms with Crippen molar-refractivity contribution in [1.29, 1.82) is 0 Å². The molecule has 1 atom stereocenters. The first-order valence-electron chi connectivity index (χ1n) is 6.38. The van der Waals surface area contributed by atoms with Crippen LogP contribution in [0.2, 0.25) is 0 Å². The van der Waals surface area contributed by atoms with E-state index in [1.165, 1.54) is 0 Å². The van der Waals surface area contributed by atoms with E-state index in [2.05, 4.69) is 10.6 Å². The Labute approximate surface area is 113 Å². The zero-order valence-corrected chi connectivity index (χ0v) is 11.5. The number of anilines is 1. The van der Waals surface area contributed by atoms with Gasteiger partial charge in [0.15, 0.2) is 0 Å². The maximum absolute atomic E-state index is 12.1. The molecule has 0 radical (unpaired) electrons. The summed E-state index contributed by atoms with van der Waals surface area (Å²) >= 11 is 0. The molecular formula is C14H20N2O3. The summed E-state index contributed by atoms with van der Waals surface area (Å²) in [6.07, 6.45) is 0. The van der Waals surface area contributed by atoms with E-state index in [4.69, 9.17) is 9.47 Å². The largest absolute Gasteiger partial charge is 0.497 e. The lowest BCUT2D eigenvalue weighted by Gasteiger charge is -2.31. The molecule has 104 valence electrons. The van der Waals surface area contributed by atoms with E-state index in [9.17, 15) is 4.79 Å². The first-order chi connectivity index (χ1) is 9.13. The van der Waals surface area contributed by atoms with Crippen LogP contribution in [0.25, 0.3) is 0 Å². The Bertz CT molecular complexity index is 436. The molecule has 2 rings (SSSR count). The lowest BCUT2D eigenvalue weighted by molar-refractivity contribution is -0.121. The number of carbonyl (C=O) groups is 1. The molecule has 1 amide bonds. The lowest BCUT2D eigenvalue weighted by atomic mass is 9.88. The number of benzene rings is 1. The van der Waals surface area contributed by atoms with Crippen molar-refractivity contribution in [2.75, 3.05) is 32.6 Å². The molecule has 1 aromatic rings. The van der Waals surface area contributed by atoms with Crippen LogP contribution >= 0.6 is 0 Å². The van der Waals surface area contributed by atoms with Gasteiger partial charge in [-0.15, -0.1) is 0 Å². The summed E-state index contributed by atoms with van der Waals surface area (Å²) < 4.78 is 10.4. The van der Waals surface area contributed by atoms with Gasteiger partial charge in [-0.2, -0.15) is 0 Å². The summed E-state index contributed by atoms with van der Waals surface area (Å²) in [6.45, 7) is 3.78. The van der Waals surface area contributed by atoms with Gasteiger partial charge in [0.25, 0.3) is 0 Å². The van der Waals surface area contributed by atoms with Crippen LogP contribution in [-0.2, 0) is 4.79 Å². The Morgan fingerprint density at radius 3 is 2.26 bits per heavy atom. The van der Waals surface area contributed by atoms with E-state index >= 15 is 0 Å². The number of hydrogen-bond acceptors (Lipinski definition) is 4. The topological polar surface area (TPSA) is 59.6 Å². The van der Waals surface area contributed by atoms with Gasteiger partial charge in [-0.25, -0.2) is 0 Å². The summed E-state index contributed by atoms with van der Waals surface area (Å²) in [5, 5.41) is 6.09. The van der Waals surface area contributed by atoms with Crippen LogP contribution < -0.4 is 20.1 Å². The molecule has 1 aliphatic heterocycles.